The molecule has 0 saturated heterocycles. The largest absolute Gasteiger partial charge is 0.369 e. The number of hydrogen-bond acceptors (Lipinski definition) is 2. The van der Waals surface area contributed by atoms with E-state index in [1.54, 1.807) is 18.3 Å². The molecule has 104 valence electrons. The Morgan fingerprint density at radius 2 is 2.21 bits per heavy atom. The van der Waals surface area contributed by atoms with Gasteiger partial charge in [0.15, 0.2) is 11.1 Å². The lowest BCUT2D eigenvalue weighted by Gasteiger charge is -2.19. The van der Waals surface area contributed by atoms with Crippen molar-refractivity contribution in [1.82, 2.24) is 15.2 Å². The fraction of sp³-hybridized carbons (Fsp3) is 0.417. The van der Waals surface area contributed by atoms with Crippen LogP contribution in [0.5, 0.6) is 0 Å². The minimum Gasteiger partial charge on any atom is -0.369 e. The van der Waals surface area contributed by atoms with E-state index in [0.717, 1.165) is 18.8 Å². The molecule has 1 rings (SSSR count). The van der Waals surface area contributed by atoms with E-state index in [0.29, 0.717) is 22.6 Å². The maximum absolute atomic E-state index is 5.99. The van der Waals surface area contributed by atoms with Crippen LogP contribution in [0, 0.1) is 0 Å². The maximum Gasteiger partial charge on any atom is 0.198 e. The highest BCUT2D eigenvalue weighted by Gasteiger charge is 2.05. The van der Waals surface area contributed by atoms with Crippen LogP contribution in [0.4, 0.5) is 0 Å². The molecule has 0 aliphatic rings. The zero-order valence-corrected chi connectivity index (χ0v) is 12.6. The van der Waals surface area contributed by atoms with Crippen molar-refractivity contribution >= 4 is 34.9 Å². The minimum atomic E-state index is 0.325. The Bertz CT molecular complexity index is 459. The van der Waals surface area contributed by atoms with Crippen molar-refractivity contribution in [1.29, 1.82) is 0 Å². The summed E-state index contributed by atoms with van der Waals surface area (Å²) >= 11 is 11.1. The van der Waals surface area contributed by atoms with Crippen LogP contribution >= 0.6 is 23.8 Å². The highest BCUT2D eigenvalue weighted by atomic mass is 35.5. The summed E-state index contributed by atoms with van der Waals surface area (Å²) < 4.78 is 0. The van der Waals surface area contributed by atoms with E-state index < -0.39 is 0 Å². The second-order valence-corrected chi connectivity index (χ2v) is 4.53. The normalized spacial score (nSPS) is 11.2. The minimum absolute atomic E-state index is 0.325. The quantitative estimate of drug-likeness (QED) is 0.504. The average molecular weight is 300 g/mol. The smallest absolute Gasteiger partial charge is 0.198 e. The molecule has 0 bridgehead atoms. The zero-order valence-electron chi connectivity index (χ0n) is 11.1. The third-order valence-electron chi connectivity index (χ3n) is 2.55. The van der Waals surface area contributed by atoms with E-state index in [9.17, 15) is 0 Å². The Morgan fingerprint density at radius 3 is 2.79 bits per heavy atom. The Hall–Kier alpha value is -1.40. The number of nitrogens with two attached hydrogens (primary N) is 1. The molecule has 3 N–H and O–H groups in total. The number of aromatic nitrogens is 1. The Balaban J connectivity index is 2.57. The number of hydrogen-bond donors (Lipinski definition) is 2. The van der Waals surface area contributed by atoms with Crippen molar-refractivity contribution in [3.05, 3.63) is 29.0 Å². The van der Waals surface area contributed by atoms with Gasteiger partial charge < -0.3 is 16.0 Å². The van der Waals surface area contributed by atoms with Gasteiger partial charge in [-0.05, 0) is 38.2 Å². The monoisotopic (exact) mass is 299 g/mol. The lowest BCUT2D eigenvalue weighted by molar-refractivity contribution is 0.461. The van der Waals surface area contributed by atoms with Gasteiger partial charge in [-0.1, -0.05) is 11.6 Å². The van der Waals surface area contributed by atoms with Crippen molar-refractivity contribution in [2.24, 2.45) is 10.7 Å². The van der Waals surface area contributed by atoms with Gasteiger partial charge in [0, 0.05) is 19.3 Å². The van der Waals surface area contributed by atoms with Gasteiger partial charge in [-0.3, -0.25) is 4.98 Å². The van der Waals surface area contributed by atoms with Gasteiger partial charge in [0.05, 0.1) is 17.3 Å². The summed E-state index contributed by atoms with van der Waals surface area (Å²) in [5.41, 5.74) is 6.57. The number of halogens is 1. The first kappa shape index (κ1) is 15.7. The number of nitrogens with one attached hydrogen (secondary N) is 1. The molecule has 0 aromatic carbocycles. The second kappa shape index (κ2) is 7.91. The molecule has 0 amide bonds. The molecule has 1 aromatic rings. The number of aliphatic imine (C=N–C) groups is 1. The first-order valence-corrected chi connectivity index (χ1v) is 6.83. The third-order valence-corrected chi connectivity index (χ3v) is 3.13. The van der Waals surface area contributed by atoms with Crippen molar-refractivity contribution in [2.75, 3.05) is 13.1 Å². The molecular formula is C12H18ClN5S. The molecule has 0 spiro atoms. The standard InChI is InChI=1S/C12H18ClN5S/c1-3-18(4-2)11(14)17-12(19)16-8-10-9(13)6-5-7-15-10/h5-7H,3-4,8H2,1-2H3,(H3,14,16,17,19). The van der Waals surface area contributed by atoms with Crippen molar-refractivity contribution in [3.63, 3.8) is 0 Å². The summed E-state index contributed by atoms with van der Waals surface area (Å²) in [6.45, 7) is 6.03. The highest BCUT2D eigenvalue weighted by molar-refractivity contribution is 7.80. The van der Waals surface area contributed by atoms with Crippen LogP contribution in [0.2, 0.25) is 5.02 Å². The van der Waals surface area contributed by atoms with Gasteiger partial charge in [0.2, 0.25) is 0 Å². The van der Waals surface area contributed by atoms with Gasteiger partial charge >= 0.3 is 0 Å². The predicted octanol–water partition coefficient (Wildman–Crippen LogP) is 1.77. The number of thiocarbonyl (C=S) groups is 1. The summed E-state index contributed by atoms with van der Waals surface area (Å²) in [7, 11) is 0. The molecule has 0 aliphatic heterocycles. The summed E-state index contributed by atoms with van der Waals surface area (Å²) in [6.07, 6.45) is 1.68. The molecule has 0 atom stereocenters. The van der Waals surface area contributed by atoms with Gasteiger partial charge in [-0.2, -0.15) is 4.99 Å². The maximum atomic E-state index is 5.99. The van der Waals surface area contributed by atoms with E-state index in [2.05, 4.69) is 15.3 Å². The van der Waals surface area contributed by atoms with Crippen LogP contribution < -0.4 is 11.1 Å². The molecule has 5 nitrogen and oxygen atoms in total. The van der Waals surface area contributed by atoms with Gasteiger partial charge in [-0.25, -0.2) is 0 Å². The Kier molecular flexibility index (Phi) is 6.52. The lowest BCUT2D eigenvalue weighted by Crippen LogP contribution is -2.38. The van der Waals surface area contributed by atoms with E-state index in [4.69, 9.17) is 29.6 Å². The summed E-state index contributed by atoms with van der Waals surface area (Å²) in [5, 5.41) is 3.89. The van der Waals surface area contributed by atoms with Crippen LogP contribution in [0.25, 0.3) is 0 Å². The molecule has 1 heterocycles. The SMILES string of the molecule is CCN(CC)/C(N)=N/C(=S)NCc1ncccc1Cl. The van der Waals surface area contributed by atoms with E-state index in [1.165, 1.54) is 0 Å². The number of nitrogens with zero attached hydrogens (tertiary/aromatic N) is 3. The molecule has 7 heteroatoms. The third kappa shape index (κ3) is 5.00. The van der Waals surface area contributed by atoms with Crippen LogP contribution in [0.3, 0.4) is 0 Å². The van der Waals surface area contributed by atoms with Crippen molar-refractivity contribution in [2.45, 2.75) is 20.4 Å². The van der Waals surface area contributed by atoms with E-state index in [-0.39, 0.29) is 0 Å². The lowest BCUT2D eigenvalue weighted by atomic mass is 10.3. The van der Waals surface area contributed by atoms with Crippen LogP contribution in [0.15, 0.2) is 23.3 Å². The summed E-state index contributed by atoms with van der Waals surface area (Å²) in [6, 6.07) is 3.56. The molecule has 0 radical (unpaired) electrons. The summed E-state index contributed by atoms with van der Waals surface area (Å²) in [5.74, 6) is 0.412. The Labute approximate surface area is 123 Å². The summed E-state index contributed by atoms with van der Waals surface area (Å²) in [4.78, 5) is 10.2. The average Bonchev–Trinajstić information content (AvgIpc) is 2.39. The molecule has 0 saturated carbocycles. The molecule has 0 fully saturated rings. The number of rotatable bonds is 4. The molecule has 19 heavy (non-hydrogen) atoms. The fourth-order valence-corrected chi connectivity index (χ4v) is 1.82. The van der Waals surface area contributed by atoms with Crippen LogP contribution in [-0.4, -0.2) is 34.0 Å². The Morgan fingerprint density at radius 1 is 1.53 bits per heavy atom. The molecule has 0 aliphatic carbocycles. The van der Waals surface area contributed by atoms with Crippen LogP contribution in [0.1, 0.15) is 19.5 Å². The zero-order chi connectivity index (χ0) is 14.3. The first-order chi connectivity index (χ1) is 9.08. The van der Waals surface area contributed by atoms with Gasteiger partial charge in [0.1, 0.15) is 0 Å². The van der Waals surface area contributed by atoms with Gasteiger partial charge in [-0.15, -0.1) is 0 Å². The van der Waals surface area contributed by atoms with Gasteiger partial charge in [0.25, 0.3) is 0 Å². The van der Waals surface area contributed by atoms with E-state index in [1.807, 2.05) is 18.7 Å². The predicted molar refractivity (Wildman–Crippen MR) is 83.2 cm³/mol. The van der Waals surface area contributed by atoms with Crippen molar-refractivity contribution < 1.29 is 0 Å². The molecular weight excluding hydrogens is 282 g/mol. The number of guanidine groups is 1. The number of pyridine rings is 1. The van der Waals surface area contributed by atoms with Crippen LogP contribution in [-0.2, 0) is 6.54 Å². The highest BCUT2D eigenvalue weighted by Crippen LogP contribution is 2.11. The topological polar surface area (TPSA) is 66.5 Å². The molecule has 1 aromatic heterocycles. The van der Waals surface area contributed by atoms with E-state index >= 15 is 0 Å². The van der Waals surface area contributed by atoms with Crippen molar-refractivity contribution in [3.8, 4) is 0 Å². The molecule has 0 unspecified atom stereocenters. The second-order valence-electron chi connectivity index (χ2n) is 3.73. The fourth-order valence-electron chi connectivity index (χ4n) is 1.47. The first-order valence-electron chi connectivity index (χ1n) is 6.04.